The fourth-order valence-corrected chi connectivity index (χ4v) is 1.91. The van der Waals surface area contributed by atoms with E-state index in [0.717, 1.165) is 5.69 Å². The highest BCUT2D eigenvalue weighted by Crippen LogP contribution is 2.15. The van der Waals surface area contributed by atoms with Crippen molar-refractivity contribution in [3.63, 3.8) is 0 Å². The summed E-state index contributed by atoms with van der Waals surface area (Å²) in [5.74, 6) is 0.320. The first-order valence-corrected chi connectivity index (χ1v) is 5.77. The zero-order valence-corrected chi connectivity index (χ0v) is 10.3. The van der Waals surface area contributed by atoms with Gasteiger partial charge in [-0.1, -0.05) is 12.6 Å². The van der Waals surface area contributed by atoms with Crippen LogP contribution in [0.2, 0.25) is 0 Å². The molecule has 0 N–H and O–H groups in total. The molecule has 2 heterocycles. The Labute approximate surface area is 106 Å². The summed E-state index contributed by atoms with van der Waals surface area (Å²) in [7, 11) is 0. The Bertz CT molecular complexity index is 499. The van der Waals surface area contributed by atoms with E-state index in [1.54, 1.807) is 11.0 Å². The molecular formula is C13H15N3O2. The molecule has 0 aliphatic carbocycles. The van der Waals surface area contributed by atoms with E-state index < -0.39 is 0 Å². The van der Waals surface area contributed by atoms with Crippen molar-refractivity contribution in [1.82, 2.24) is 9.88 Å². The van der Waals surface area contributed by atoms with E-state index in [1.807, 2.05) is 19.1 Å². The summed E-state index contributed by atoms with van der Waals surface area (Å²) in [5.41, 5.74) is 0.866. The summed E-state index contributed by atoms with van der Waals surface area (Å²) in [4.78, 5) is 30.8. The van der Waals surface area contributed by atoms with Gasteiger partial charge >= 0.3 is 0 Å². The number of aryl methyl sites for hydroxylation is 1. The fraction of sp³-hybridized carbons (Fsp3) is 0.308. The van der Waals surface area contributed by atoms with Gasteiger partial charge in [0.15, 0.2) is 0 Å². The second-order valence-electron chi connectivity index (χ2n) is 4.15. The van der Waals surface area contributed by atoms with Crippen molar-refractivity contribution in [2.75, 3.05) is 24.5 Å². The number of carbonyl (C=O) groups excluding carboxylic acids is 2. The third-order valence-corrected chi connectivity index (χ3v) is 2.86. The fourth-order valence-electron chi connectivity index (χ4n) is 1.91. The maximum atomic E-state index is 12.0. The number of rotatable bonds is 2. The van der Waals surface area contributed by atoms with Gasteiger partial charge in [-0.15, -0.1) is 0 Å². The smallest absolute Gasteiger partial charge is 0.247 e. The Morgan fingerprint density at radius 3 is 2.83 bits per heavy atom. The van der Waals surface area contributed by atoms with Crippen LogP contribution in [0.1, 0.15) is 5.69 Å². The Balaban J connectivity index is 2.13. The molecule has 94 valence electrons. The van der Waals surface area contributed by atoms with E-state index in [9.17, 15) is 9.59 Å². The highest BCUT2D eigenvalue weighted by molar-refractivity contribution is 5.98. The summed E-state index contributed by atoms with van der Waals surface area (Å²) >= 11 is 0. The average molecular weight is 245 g/mol. The number of carbonyl (C=O) groups is 2. The van der Waals surface area contributed by atoms with E-state index in [0.29, 0.717) is 18.9 Å². The zero-order chi connectivity index (χ0) is 13.1. The van der Waals surface area contributed by atoms with E-state index >= 15 is 0 Å². The van der Waals surface area contributed by atoms with Gasteiger partial charge in [0.05, 0.1) is 0 Å². The van der Waals surface area contributed by atoms with Gasteiger partial charge in [-0.2, -0.15) is 0 Å². The Morgan fingerprint density at radius 1 is 1.44 bits per heavy atom. The summed E-state index contributed by atoms with van der Waals surface area (Å²) in [6.07, 6.45) is 1.23. The molecule has 1 aromatic heterocycles. The van der Waals surface area contributed by atoms with Crippen LogP contribution in [0.25, 0.3) is 0 Å². The van der Waals surface area contributed by atoms with Gasteiger partial charge in [0.25, 0.3) is 0 Å². The first kappa shape index (κ1) is 12.3. The lowest BCUT2D eigenvalue weighted by atomic mass is 10.2. The number of hydrogen-bond acceptors (Lipinski definition) is 3. The molecule has 0 saturated carbocycles. The van der Waals surface area contributed by atoms with Gasteiger partial charge in [-0.05, 0) is 25.1 Å². The van der Waals surface area contributed by atoms with Crippen LogP contribution in [-0.2, 0) is 9.59 Å². The molecule has 1 fully saturated rings. The van der Waals surface area contributed by atoms with Crippen LogP contribution in [0.3, 0.4) is 0 Å². The average Bonchev–Trinajstić information content (AvgIpc) is 2.37. The summed E-state index contributed by atoms with van der Waals surface area (Å²) in [6.45, 7) is 6.36. The topological polar surface area (TPSA) is 53.5 Å². The number of aromatic nitrogens is 1. The first-order chi connectivity index (χ1) is 8.61. The molecule has 1 aromatic rings. The monoisotopic (exact) mass is 245 g/mol. The molecule has 5 nitrogen and oxygen atoms in total. The van der Waals surface area contributed by atoms with E-state index in [2.05, 4.69) is 11.6 Å². The lowest BCUT2D eigenvalue weighted by Crippen LogP contribution is -2.52. The number of pyridine rings is 1. The SMILES string of the molecule is C=CC(=O)N1CCN(c2cccc(C)n2)C(=O)C1. The molecule has 0 bridgehead atoms. The number of hydrogen-bond donors (Lipinski definition) is 0. The summed E-state index contributed by atoms with van der Waals surface area (Å²) in [6, 6.07) is 5.55. The minimum Gasteiger partial charge on any atom is -0.328 e. The minimum atomic E-state index is -0.208. The van der Waals surface area contributed by atoms with Crippen LogP contribution >= 0.6 is 0 Å². The van der Waals surface area contributed by atoms with E-state index in [-0.39, 0.29) is 18.4 Å². The molecule has 1 aliphatic rings. The van der Waals surface area contributed by atoms with Crippen LogP contribution in [0.15, 0.2) is 30.9 Å². The maximum absolute atomic E-state index is 12.0. The third-order valence-electron chi connectivity index (χ3n) is 2.86. The van der Waals surface area contributed by atoms with Gasteiger partial charge in [0, 0.05) is 18.8 Å². The predicted octanol–water partition coefficient (Wildman–Crippen LogP) is 0.751. The molecule has 2 rings (SSSR count). The van der Waals surface area contributed by atoms with Crippen LogP contribution in [-0.4, -0.2) is 41.3 Å². The van der Waals surface area contributed by atoms with Crippen LogP contribution < -0.4 is 4.90 Å². The van der Waals surface area contributed by atoms with Crippen molar-refractivity contribution in [2.24, 2.45) is 0 Å². The van der Waals surface area contributed by atoms with Gasteiger partial charge in [-0.25, -0.2) is 4.98 Å². The number of anilines is 1. The number of piperazine rings is 1. The van der Waals surface area contributed by atoms with Gasteiger partial charge < -0.3 is 4.90 Å². The molecule has 18 heavy (non-hydrogen) atoms. The van der Waals surface area contributed by atoms with Gasteiger partial charge in [0.2, 0.25) is 11.8 Å². The Morgan fingerprint density at radius 2 is 2.22 bits per heavy atom. The number of amides is 2. The largest absolute Gasteiger partial charge is 0.328 e. The van der Waals surface area contributed by atoms with Crippen LogP contribution in [0.4, 0.5) is 5.82 Å². The molecule has 2 amide bonds. The molecule has 0 spiro atoms. The molecule has 0 unspecified atom stereocenters. The lowest BCUT2D eigenvalue weighted by Gasteiger charge is -2.33. The highest BCUT2D eigenvalue weighted by atomic mass is 16.2. The zero-order valence-electron chi connectivity index (χ0n) is 10.3. The summed E-state index contributed by atoms with van der Waals surface area (Å²) in [5, 5.41) is 0. The Kier molecular flexibility index (Phi) is 3.41. The van der Waals surface area contributed by atoms with Crippen LogP contribution in [0, 0.1) is 6.92 Å². The Hall–Kier alpha value is -2.17. The van der Waals surface area contributed by atoms with Crippen molar-refractivity contribution >= 4 is 17.6 Å². The molecular weight excluding hydrogens is 230 g/mol. The quantitative estimate of drug-likeness (QED) is 0.722. The van der Waals surface area contributed by atoms with E-state index in [1.165, 1.54) is 11.0 Å². The second-order valence-corrected chi connectivity index (χ2v) is 4.15. The molecule has 1 aliphatic heterocycles. The molecule has 5 heteroatoms. The lowest BCUT2D eigenvalue weighted by molar-refractivity contribution is -0.133. The molecule has 0 aromatic carbocycles. The van der Waals surface area contributed by atoms with Crippen molar-refractivity contribution in [3.05, 3.63) is 36.5 Å². The van der Waals surface area contributed by atoms with Crippen molar-refractivity contribution in [3.8, 4) is 0 Å². The van der Waals surface area contributed by atoms with Crippen molar-refractivity contribution in [1.29, 1.82) is 0 Å². The minimum absolute atomic E-state index is 0.0838. The molecule has 1 saturated heterocycles. The highest BCUT2D eigenvalue weighted by Gasteiger charge is 2.27. The van der Waals surface area contributed by atoms with Gasteiger partial charge in [0.1, 0.15) is 12.4 Å². The summed E-state index contributed by atoms with van der Waals surface area (Å²) < 4.78 is 0. The second kappa shape index (κ2) is 5.00. The maximum Gasteiger partial charge on any atom is 0.247 e. The predicted molar refractivity (Wildman–Crippen MR) is 68.1 cm³/mol. The molecule has 0 atom stereocenters. The van der Waals surface area contributed by atoms with Gasteiger partial charge in [-0.3, -0.25) is 14.5 Å². The number of nitrogens with zero attached hydrogens (tertiary/aromatic N) is 3. The normalized spacial score (nSPS) is 15.7. The standard InChI is InChI=1S/C13H15N3O2/c1-3-12(17)15-7-8-16(13(18)9-15)11-6-4-5-10(2)14-11/h3-6H,1,7-9H2,2H3. The third kappa shape index (κ3) is 2.40. The van der Waals surface area contributed by atoms with Crippen molar-refractivity contribution < 1.29 is 9.59 Å². The first-order valence-electron chi connectivity index (χ1n) is 5.77. The van der Waals surface area contributed by atoms with E-state index in [4.69, 9.17) is 0 Å². The van der Waals surface area contributed by atoms with Crippen LogP contribution in [0.5, 0.6) is 0 Å². The van der Waals surface area contributed by atoms with Crippen molar-refractivity contribution in [2.45, 2.75) is 6.92 Å². The molecule has 0 radical (unpaired) electrons.